The van der Waals surface area contributed by atoms with Crippen LogP contribution in [0.25, 0.3) is 0 Å². The maximum atomic E-state index is 13.1. The van der Waals surface area contributed by atoms with Gasteiger partial charge in [0.15, 0.2) is 0 Å². The summed E-state index contributed by atoms with van der Waals surface area (Å²) in [6.07, 6.45) is 5.17. The smallest absolute Gasteiger partial charge is 0.410 e. The summed E-state index contributed by atoms with van der Waals surface area (Å²) < 4.78 is 18.6. The van der Waals surface area contributed by atoms with Crippen molar-refractivity contribution in [3.8, 4) is 0 Å². The van der Waals surface area contributed by atoms with Gasteiger partial charge in [-0.25, -0.2) is 9.18 Å². The molecule has 2 heterocycles. The lowest BCUT2D eigenvalue weighted by Crippen LogP contribution is -2.60. The summed E-state index contributed by atoms with van der Waals surface area (Å²) in [6, 6.07) is 6.54. The third-order valence-corrected chi connectivity index (χ3v) is 5.49. The molecule has 3 rings (SSSR count). The molecule has 26 heavy (non-hydrogen) atoms. The molecule has 1 aromatic carbocycles. The lowest BCUT2D eigenvalue weighted by Gasteiger charge is -2.51. The highest BCUT2D eigenvalue weighted by Crippen LogP contribution is 2.41. The van der Waals surface area contributed by atoms with Crippen molar-refractivity contribution < 1.29 is 19.0 Å². The van der Waals surface area contributed by atoms with Gasteiger partial charge in [0.25, 0.3) is 0 Å². The van der Waals surface area contributed by atoms with Crippen LogP contribution >= 0.6 is 0 Å². The molecule has 1 aromatic rings. The number of nitrogens with zero attached hydrogens (tertiary/aromatic N) is 1. The standard InChI is InChI=1S/C21H30FNO3/c1-20(2,3)26-19(24)23-17-5-4-6-18(23)14-21(25,13-17)12-11-15-7-9-16(22)10-8-15/h7-10,17-18,25H,4-6,11-14H2,1-3H3. The second kappa shape index (κ2) is 7.18. The first kappa shape index (κ1) is 19.2. The van der Waals surface area contributed by atoms with Crippen LogP contribution in [0.15, 0.2) is 24.3 Å². The Kier molecular flexibility index (Phi) is 5.29. The highest BCUT2D eigenvalue weighted by Gasteiger charge is 2.48. The largest absolute Gasteiger partial charge is 0.444 e. The zero-order valence-corrected chi connectivity index (χ0v) is 16.0. The highest BCUT2D eigenvalue weighted by molar-refractivity contribution is 5.69. The number of hydrogen-bond acceptors (Lipinski definition) is 3. The molecule has 2 bridgehead atoms. The Hall–Kier alpha value is -1.62. The predicted molar refractivity (Wildman–Crippen MR) is 98.4 cm³/mol. The van der Waals surface area contributed by atoms with E-state index in [1.165, 1.54) is 12.1 Å². The molecule has 2 fully saturated rings. The number of carbonyl (C=O) groups is 1. The van der Waals surface area contributed by atoms with E-state index in [4.69, 9.17) is 4.74 Å². The van der Waals surface area contributed by atoms with E-state index in [0.717, 1.165) is 24.8 Å². The summed E-state index contributed by atoms with van der Waals surface area (Å²) in [4.78, 5) is 14.5. The molecule has 2 aliphatic heterocycles. The summed E-state index contributed by atoms with van der Waals surface area (Å²) in [7, 11) is 0. The van der Waals surface area contributed by atoms with Crippen LogP contribution in [0.5, 0.6) is 0 Å². The minimum atomic E-state index is -0.775. The number of halogens is 1. The van der Waals surface area contributed by atoms with Gasteiger partial charge < -0.3 is 14.7 Å². The fourth-order valence-electron chi connectivity index (χ4n) is 4.37. The molecule has 2 aliphatic rings. The number of benzene rings is 1. The molecule has 0 saturated carbocycles. The average Bonchev–Trinajstić information content (AvgIpc) is 2.52. The maximum Gasteiger partial charge on any atom is 0.410 e. The number of rotatable bonds is 3. The summed E-state index contributed by atoms with van der Waals surface area (Å²) in [5.74, 6) is -0.243. The van der Waals surface area contributed by atoms with Crippen molar-refractivity contribution in [2.45, 2.75) is 89.0 Å². The van der Waals surface area contributed by atoms with Gasteiger partial charge >= 0.3 is 6.09 Å². The average molecular weight is 363 g/mol. The number of ether oxygens (including phenoxy) is 1. The van der Waals surface area contributed by atoms with Gasteiger partial charge in [0.2, 0.25) is 0 Å². The van der Waals surface area contributed by atoms with Crippen LogP contribution in [0, 0.1) is 5.82 Å². The Balaban J connectivity index is 1.66. The molecule has 5 heteroatoms. The Morgan fingerprint density at radius 1 is 1.23 bits per heavy atom. The third kappa shape index (κ3) is 4.56. The molecule has 0 spiro atoms. The SMILES string of the molecule is CC(C)(C)OC(=O)N1C2CCCC1CC(O)(CCc1ccc(F)cc1)C2. The quantitative estimate of drug-likeness (QED) is 0.864. The molecule has 0 aliphatic carbocycles. The zero-order valence-electron chi connectivity index (χ0n) is 16.0. The Morgan fingerprint density at radius 2 is 1.81 bits per heavy atom. The van der Waals surface area contributed by atoms with Gasteiger partial charge in [-0.15, -0.1) is 0 Å². The van der Waals surface area contributed by atoms with Crippen LogP contribution in [0.1, 0.15) is 64.9 Å². The predicted octanol–water partition coefficient (Wildman–Crippen LogP) is 4.44. The van der Waals surface area contributed by atoms with E-state index >= 15 is 0 Å². The van der Waals surface area contributed by atoms with Crippen molar-refractivity contribution >= 4 is 6.09 Å². The number of hydrogen-bond donors (Lipinski definition) is 1. The molecule has 2 saturated heterocycles. The van der Waals surface area contributed by atoms with Crippen LogP contribution in [-0.4, -0.2) is 39.4 Å². The van der Waals surface area contributed by atoms with Gasteiger partial charge in [-0.2, -0.15) is 0 Å². The van der Waals surface area contributed by atoms with Crippen molar-refractivity contribution in [2.75, 3.05) is 0 Å². The number of aryl methyl sites for hydroxylation is 1. The minimum Gasteiger partial charge on any atom is -0.444 e. The molecule has 0 aromatic heterocycles. The molecule has 2 atom stereocenters. The molecule has 2 unspecified atom stereocenters. The summed E-state index contributed by atoms with van der Waals surface area (Å²) in [6.45, 7) is 5.64. The minimum absolute atomic E-state index is 0.0376. The van der Waals surface area contributed by atoms with Crippen molar-refractivity contribution in [1.82, 2.24) is 4.90 Å². The molecular weight excluding hydrogens is 333 g/mol. The van der Waals surface area contributed by atoms with Crippen molar-refractivity contribution in [3.63, 3.8) is 0 Å². The Bertz CT molecular complexity index is 624. The lowest BCUT2D eigenvalue weighted by atomic mass is 9.73. The third-order valence-electron chi connectivity index (χ3n) is 5.49. The van der Waals surface area contributed by atoms with Crippen molar-refractivity contribution in [2.24, 2.45) is 0 Å². The second-order valence-electron chi connectivity index (χ2n) is 8.89. The summed E-state index contributed by atoms with van der Waals surface area (Å²) >= 11 is 0. The first-order valence-corrected chi connectivity index (χ1v) is 9.63. The van der Waals surface area contributed by atoms with Crippen LogP contribution in [-0.2, 0) is 11.2 Å². The number of amides is 1. The molecule has 144 valence electrons. The molecule has 1 N–H and O–H groups in total. The first-order valence-electron chi connectivity index (χ1n) is 9.63. The first-order chi connectivity index (χ1) is 12.2. The van der Waals surface area contributed by atoms with E-state index in [2.05, 4.69) is 0 Å². The van der Waals surface area contributed by atoms with Gasteiger partial charge in [-0.05, 0) is 83.4 Å². The van der Waals surface area contributed by atoms with Crippen molar-refractivity contribution in [3.05, 3.63) is 35.6 Å². The fourth-order valence-corrected chi connectivity index (χ4v) is 4.37. The van der Waals surface area contributed by atoms with E-state index in [1.54, 1.807) is 12.1 Å². The highest BCUT2D eigenvalue weighted by atomic mass is 19.1. The van der Waals surface area contributed by atoms with Crippen molar-refractivity contribution in [1.29, 1.82) is 0 Å². The zero-order chi connectivity index (χ0) is 18.9. The van der Waals surface area contributed by atoms with Crippen LogP contribution in [0.4, 0.5) is 9.18 Å². The lowest BCUT2D eigenvalue weighted by molar-refractivity contribution is -0.0955. The monoisotopic (exact) mass is 363 g/mol. The summed E-state index contributed by atoms with van der Waals surface area (Å²) in [5.41, 5.74) is -0.260. The fraction of sp³-hybridized carbons (Fsp3) is 0.667. The van der Waals surface area contributed by atoms with E-state index in [-0.39, 0.29) is 24.0 Å². The van der Waals surface area contributed by atoms with Gasteiger partial charge in [-0.3, -0.25) is 0 Å². The van der Waals surface area contributed by atoms with E-state index in [1.807, 2.05) is 25.7 Å². The van der Waals surface area contributed by atoms with Gasteiger partial charge in [0, 0.05) is 12.1 Å². The maximum absolute atomic E-state index is 13.1. The van der Waals surface area contributed by atoms with E-state index < -0.39 is 11.2 Å². The second-order valence-corrected chi connectivity index (χ2v) is 8.89. The van der Waals surface area contributed by atoms with Crippen LogP contribution in [0.3, 0.4) is 0 Å². The van der Waals surface area contributed by atoms with Gasteiger partial charge in [-0.1, -0.05) is 12.1 Å². The molecule has 4 nitrogen and oxygen atoms in total. The van der Waals surface area contributed by atoms with Gasteiger partial charge in [0.05, 0.1) is 5.60 Å². The van der Waals surface area contributed by atoms with E-state index in [0.29, 0.717) is 25.7 Å². The van der Waals surface area contributed by atoms with E-state index in [9.17, 15) is 14.3 Å². The number of aliphatic hydroxyl groups is 1. The number of fused-ring (bicyclic) bond motifs is 2. The summed E-state index contributed by atoms with van der Waals surface area (Å²) in [5, 5.41) is 11.2. The number of piperidine rings is 2. The number of carbonyl (C=O) groups excluding carboxylic acids is 1. The molecule has 0 radical (unpaired) electrons. The topological polar surface area (TPSA) is 49.8 Å². The molecule has 1 amide bonds. The van der Waals surface area contributed by atoms with Crippen LogP contribution < -0.4 is 0 Å². The van der Waals surface area contributed by atoms with Gasteiger partial charge in [0.1, 0.15) is 11.4 Å². The molecular formula is C21H30FNO3. The Labute approximate surface area is 155 Å². The normalized spacial score (nSPS) is 28.7. The Morgan fingerprint density at radius 3 is 2.35 bits per heavy atom. The van der Waals surface area contributed by atoms with Crippen LogP contribution in [0.2, 0.25) is 0 Å².